The molecule has 3 atom stereocenters. The van der Waals surface area contributed by atoms with Crippen LogP contribution in [0.3, 0.4) is 0 Å². The van der Waals surface area contributed by atoms with E-state index in [9.17, 15) is 26.4 Å². The van der Waals surface area contributed by atoms with Gasteiger partial charge in [-0.25, -0.2) is 17.9 Å². The van der Waals surface area contributed by atoms with Crippen molar-refractivity contribution >= 4 is 16.1 Å². The molecule has 1 heterocycles. The van der Waals surface area contributed by atoms with Crippen molar-refractivity contribution in [3.63, 3.8) is 0 Å². The van der Waals surface area contributed by atoms with Crippen LogP contribution >= 0.6 is 0 Å². The van der Waals surface area contributed by atoms with Crippen LogP contribution in [-0.2, 0) is 10.2 Å². The minimum Gasteiger partial charge on any atom is -0.493 e. The molecule has 1 saturated heterocycles. The Kier molecular flexibility index (Phi) is 4.67. The Morgan fingerprint density at radius 3 is 2.36 bits per heavy atom. The first kappa shape index (κ1) is 21.7. The van der Waals surface area contributed by atoms with Gasteiger partial charge in [-0.05, 0) is 62.3 Å². The largest absolute Gasteiger partial charge is 0.493 e. The van der Waals surface area contributed by atoms with Crippen molar-refractivity contribution in [3.8, 4) is 5.75 Å². The second kappa shape index (κ2) is 7.10. The summed E-state index contributed by atoms with van der Waals surface area (Å²) in [6, 6.07) is 2.03. The standard InChI is InChI=1S/C23H27F3N2O4S/c24-19-8-20(32-12-22-9-13-4-14(10-22)6-15(22)5-13)16(18-11-23(18,25)26)7-17(19)21(29)27-33(30,31)28-2-1-3-28/h7-8,13-15,18H,1-6,9-12H2,(H,27,29). The SMILES string of the molecule is O=C(NS(=O)(=O)N1CCC1)c1cc(C2CC2(F)F)c(OCC23CC4CC(CC2C4)C3)cc1F. The lowest BCUT2D eigenvalue weighted by atomic mass is 9.76. The Labute approximate surface area is 191 Å². The number of hydrogen-bond donors (Lipinski definition) is 1. The van der Waals surface area contributed by atoms with E-state index in [-0.39, 0.29) is 29.8 Å². The van der Waals surface area contributed by atoms with Crippen LogP contribution in [0.15, 0.2) is 12.1 Å². The third-order valence-corrected chi connectivity index (χ3v) is 10.1. The first-order valence-corrected chi connectivity index (χ1v) is 13.2. The summed E-state index contributed by atoms with van der Waals surface area (Å²) in [5, 5.41) is 0. The highest BCUT2D eigenvalue weighted by Gasteiger charge is 2.60. The third-order valence-electron chi connectivity index (χ3n) is 8.60. The predicted octanol–water partition coefficient (Wildman–Crippen LogP) is 3.83. The maximum absolute atomic E-state index is 14.9. The second-order valence-corrected chi connectivity index (χ2v) is 12.4. The summed E-state index contributed by atoms with van der Waals surface area (Å²) in [7, 11) is -4.08. The zero-order valence-corrected chi connectivity index (χ0v) is 19.0. The van der Waals surface area contributed by atoms with Crippen LogP contribution in [0, 0.1) is 29.0 Å². The van der Waals surface area contributed by atoms with Gasteiger partial charge in [-0.3, -0.25) is 4.79 Å². The monoisotopic (exact) mass is 484 g/mol. The molecule has 6 fully saturated rings. The smallest absolute Gasteiger partial charge is 0.304 e. The molecular weight excluding hydrogens is 457 g/mol. The zero-order chi connectivity index (χ0) is 23.2. The number of rotatable bonds is 7. The van der Waals surface area contributed by atoms with Gasteiger partial charge in [0, 0.05) is 36.6 Å². The number of hydrogen-bond acceptors (Lipinski definition) is 4. The fourth-order valence-corrected chi connectivity index (χ4v) is 8.09. The summed E-state index contributed by atoms with van der Waals surface area (Å²) in [5.41, 5.74) is -0.459. The van der Waals surface area contributed by atoms with Gasteiger partial charge in [0.05, 0.1) is 18.1 Å². The number of amides is 1. The maximum atomic E-state index is 14.9. The van der Waals surface area contributed by atoms with Crippen molar-refractivity contribution < 1.29 is 31.1 Å². The van der Waals surface area contributed by atoms with Crippen molar-refractivity contribution in [3.05, 3.63) is 29.1 Å². The van der Waals surface area contributed by atoms with Gasteiger partial charge in [0.1, 0.15) is 11.6 Å². The molecule has 1 aromatic carbocycles. The molecule has 3 unspecified atom stereocenters. The number of nitrogens with zero attached hydrogens (tertiary/aromatic N) is 1. The number of ether oxygens (including phenoxy) is 1. The van der Waals surface area contributed by atoms with E-state index < -0.39 is 45.8 Å². The quantitative estimate of drug-likeness (QED) is 0.638. The Bertz CT molecular complexity index is 1110. The molecule has 0 spiro atoms. The van der Waals surface area contributed by atoms with Gasteiger partial charge in [0.15, 0.2) is 0 Å². The lowest BCUT2D eigenvalue weighted by molar-refractivity contribution is 0.0963. The van der Waals surface area contributed by atoms with Gasteiger partial charge < -0.3 is 4.74 Å². The zero-order valence-electron chi connectivity index (χ0n) is 18.2. The summed E-state index contributed by atoms with van der Waals surface area (Å²) in [6.07, 6.45) is 6.05. The fraction of sp³-hybridized carbons (Fsp3) is 0.696. The number of benzene rings is 1. The molecule has 7 rings (SSSR count). The summed E-state index contributed by atoms with van der Waals surface area (Å²) < 4.78 is 76.3. The summed E-state index contributed by atoms with van der Waals surface area (Å²) in [6.45, 7) is 0.925. The molecule has 5 saturated carbocycles. The van der Waals surface area contributed by atoms with Gasteiger partial charge in [-0.15, -0.1) is 0 Å². The van der Waals surface area contributed by atoms with Crippen LogP contribution in [0.2, 0.25) is 0 Å². The Balaban J connectivity index is 1.26. The first-order chi connectivity index (χ1) is 15.6. The van der Waals surface area contributed by atoms with E-state index in [0.717, 1.165) is 29.3 Å². The van der Waals surface area contributed by atoms with Crippen LogP contribution in [0.1, 0.15) is 66.8 Å². The fourth-order valence-electron chi connectivity index (χ4n) is 6.88. The minimum absolute atomic E-state index is 0.0365. The van der Waals surface area contributed by atoms with E-state index in [1.807, 2.05) is 4.72 Å². The molecule has 4 bridgehead atoms. The lowest BCUT2D eigenvalue weighted by Gasteiger charge is -2.33. The van der Waals surface area contributed by atoms with Gasteiger partial charge in [0.25, 0.3) is 11.8 Å². The van der Waals surface area contributed by atoms with Gasteiger partial charge >= 0.3 is 10.2 Å². The number of carbonyl (C=O) groups is 1. The second-order valence-electron chi connectivity index (χ2n) is 10.8. The highest BCUT2D eigenvalue weighted by atomic mass is 32.2. The van der Waals surface area contributed by atoms with Crippen molar-refractivity contribution in [1.29, 1.82) is 0 Å². The first-order valence-electron chi connectivity index (χ1n) is 11.7. The number of alkyl halides is 2. The van der Waals surface area contributed by atoms with Crippen molar-refractivity contribution in [1.82, 2.24) is 9.03 Å². The molecule has 1 amide bonds. The molecule has 6 nitrogen and oxygen atoms in total. The molecule has 0 aromatic heterocycles. The molecule has 6 aliphatic rings. The van der Waals surface area contributed by atoms with Crippen molar-refractivity contribution in [2.75, 3.05) is 19.7 Å². The van der Waals surface area contributed by atoms with Gasteiger partial charge in [-0.1, -0.05) is 0 Å². The summed E-state index contributed by atoms with van der Waals surface area (Å²) in [5.74, 6) is -4.24. The Morgan fingerprint density at radius 1 is 1.12 bits per heavy atom. The van der Waals surface area contributed by atoms with E-state index in [2.05, 4.69) is 0 Å². The molecule has 180 valence electrons. The number of halogens is 3. The van der Waals surface area contributed by atoms with Gasteiger partial charge in [-0.2, -0.15) is 12.7 Å². The molecular formula is C23H27F3N2O4S. The van der Waals surface area contributed by atoms with E-state index in [0.29, 0.717) is 30.8 Å². The average molecular weight is 485 g/mol. The van der Waals surface area contributed by atoms with E-state index in [4.69, 9.17) is 4.74 Å². The lowest BCUT2D eigenvalue weighted by Crippen LogP contribution is -2.49. The molecule has 33 heavy (non-hydrogen) atoms. The highest BCUT2D eigenvalue weighted by molar-refractivity contribution is 7.87. The molecule has 5 aliphatic carbocycles. The van der Waals surface area contributed by atoms with Crippen LogP contribution in [-0.4, -0.2) is 44.2 Å². The van der Waals surface area contributed by atoms with Gasteiger partial charge in [0.2, 0.25) is 0 Å². The molecule has 0 radical (unpaired) electrons. The average Bonchev–Trinajstić information content (AvgIpc) is 3.13. The van der Waals surface area contributed by atoms with E-state index in [1.165, 1.54) is 19.3 Å². The molecule has 10 heteroatoms. The van der Waals surface area contributed by atoms with Crippen LogP contribution in [0.4, 0.5) is 13.2 Å². The van der Waals surface area contributed by atoms with E-state index >= 15 is 0 Å². The molecule has 1 aliphatic heterocycles. The highest BCUT2D eigenvalue weighted by Crippen LogP contribution is 2.65. The maximum Gasteiger partial charge on any atom is 0.304 e. The Morgan fingerprint density at radius 2 is 1.79 bits per heavy atom. The normalized spacial score (nSPS) is 36.0. The van der Waals surface area contributed by atoms with Crippen molar-refractivity contribution in [2.45, 2.75) is 56.8 Å². The van der Waals surface area contributed by atoms with E-state index in [1.54, 1.807) is 0 Å². The van der Waals surface area contributed by atoms with Crippen LogP contribution < -0.4 is 9.46 Å². The summed E-state index contributed by atoms with van der Waals surface area (Å²) in [4.78, 5) is 12.6. The topological polar surface area (TPSA) is 75.7 Å². The van der Waals surface area contributed by atoms with Crippen LogP contribution in [0.5, 0.6) is 5.75 Å². The Hall–Kier alpha value is -1.81. The summed E-state index contributed by atoms with van der Waals surface area (Å²) >= 11 is 0. The third kappa shape index (κ3) is 3.55. The predicted molar refractivity (Wildman–Crippen MR) is 113 cm³/mol. The molecule has 1 N–H and O–H groups in total. The number of carbonyl (C=O) groups excluding carboxylic acids is 1. The van der Waals surface area contributed by atoms with Crippen LogP contribution in [0.25, 0.3) is 0 Å². The minimum atomic E-state index is -4.08. The molecule has 1 aromatic rings. The number of nitrogens with one attached hydrogen (secondary N) is 1. The van der Waals surface area contributed by atoms with Crippen molar-refractivity contribution in [2.24, 2.45) is 23.2 Å².